The Morgan fingerprint density at radius 1 is 1.15 bits per heavy atom. The molecule has 0 aliphatic carbocycles. The maximum atomic E-state index is 12.9. The van der Waals surface area contributed by atoms with Gasteiger partial charge >= 0.3 is 0 Å². The molecule has 3 rings (SSSR count). The highest BCUT2D eigenvalue weighted by Crippen LogP contribution is 2.28. The number of carbonyl (C=O) groups is 2. The van der Waals surface area contributed by atoms with Crippen molar-refractivity contribution in [2.24, 2.45) is 0 Å². The number of amides is 1. The zero-order valence-corrected chi connectivity index (χ0v) is 14.8. The van der Waals surface area contributed by atoms with Gasteiger partial charge in [-0.2, -0.15) is 0 Å². The average Bonchev–Trinajstić information content (AvgIpc) is 2.67. The molecule has 1 saturated heterocycles. The van der Waals surface area contributed by atoms with Gasteiger partial charge in [0, 0.05) is 49.3 Å². The van der Waals surface area contributed by atoms with E-state index in [4.69, 9.17) is 0 Å². The van der Waals surface area contributed by atoms with Gasteiger partial charge in [-0.15, -0.1) is 0 Å². The lowest BCUT2D eigenvalue weighted by Gasteiger charge is -2.32. The molecule has 5 nitrogen and oxygen atoms in total. The van der Waals surface area contributed by atoms with Crippen molar-refractivity contribution in [2.75, 3.05) is 13.1 Å². The molecule has 1 amide bonds. The van der Waals surface area contributed by atoms with E-state index in [0.29, 0.717) is 24.6 Å². The number of ketones is 1. The molecule has 136 valence electrons. The zero-order chi connectivity index (χ0) is 18.5. The molecule has 0 atom stereocenters. The first-order chi connectivity index (χ1) is 12.5. The summed E-state index contributed by atoms with van der Waals surface area (Å²) in [6, 6.07) is 5.43. The lowest BCUT2D eigenvalue weighted by molar-refractivity contribution is -0.132. The lowest BCUT2D eigenvalue weighted by Crippen LogP contribution is -2.38. The minimum absolute atomic E-state index is 0.00155. The molecule has 1 aromatic heterocycles. The number of piperidine rings is 1. The van der Waals surface area contributed by atoms with Gasteiger partial charge in [0.25, 0.3) is 0 Å². The first-order valence-electron chi connectivity index (χ1n) is 8.87. The Kier molecular flexibility index (Phi) is 5.71. The molecule has 2 aromatic rings. The standard InChI is InChI=1S/C20H22FN3O2/c1-14-12-22-13-23-20(14)16-8-10-24(11-9-16)19(26)7-6-18(25)15-2-4-17(21)5-3-15/h2-5,12-13,16H,6-11H2,1H3. The Labute approximate surface area is 152 Å². The molecule has 0 saturated carbocycles. The van der Waals surface area contributed by atoms with Crippen LogP contribution in [0.3, 0.4) is 0 Å². The molecule has 26 heavy (non-hydrogen) atoms. The van der Waals surface area contributed by atoms with Crippen LogP contribution in [-0.2, 0) is 4.79 Å². The third-order valence-electron chi connectivity index (χ3n) is 4.90. The fraction of sp³-hybridized carbons (Fsp3) is 0.400. The average molecular weight is 355 g/mol. The summed E-state index contributed by atoms with van der Waals surface area (Å²) in [4.78, 5) is 34.7. The van der Waals surface area contributed by atoms with Crippen molar-refractivity contribution in [1.82, 2.24) is 14.9 Å². The molecule has 0 spiro atoms. The van der Waals surface area contributed by atoms with Crippen LogP contribution in [0.2, 0.25) is 0 Å². The van der Waals surface area contributed by atoms with E-state index in [0.717, 1.165) is 24.1 Å². The number of rotatable bonds is 5. The van der Waals surface area contributed by atoms with E-state index in [1.807, 2.05) is 18.0 Å². The summed E-state index contributed by atoms with van der Waals surface area (Å²) in [6.07, 6.45) is 5.47. The number of aryl methyl sites for hydroxylation is 1. The summed E-state index contributed by atoms with van der Waals surface area (Å²) in [6.45, 7) is 3.36. The number of nitrogens with zero attached hydrogens (tertiary/aromatic N) is 3. The van der Waals surface area contributed by atoms with Crippen LogP contribution in [0, 0.1) is 12.7 Å². The number of aromatic nitrogens is 2. The van der Waals surface area contributed by atoms with E-state index in [2.05, 4.69) is 9.97 Å². The van der Waals surface area contributed by atoms with E-state index in [1.165, 1.54) is 24.3 Å². The van der Waals surface area contributed by atoms with Gasteiger partial charge < -0.3 is 4.90 Å². The smallest absolute Gasteiger partial charge is 0.223 e. The fourth-order valence-electron chi connectivity index (χ4n) is 3.40. The SMILES string of the molecule is Cc1cncnc1C1CCN(C(=O)CCC(=O)c2ccc(F)cc2)CC1. The Morgan fingerprint density at radius 3 is 2.50 bits per heavy atom. The second-order valence-electron chi connectivity index (χ2n) is 6.68. The molecule has 1 aliphatic rings. The predicted molar refractivity (Wildman–Crippen MR) is 95.3 cm³/mol. The van der Waals surface area contributed by atoms with Crippen molar-refractivity contribution in [3.05, 3.63) is 59.4 Å². The van der Waals surface area contributed by atoms with Crippen LogP contribution in [0.15, 0.2) is 36.8 Å². The van der Waals surface area contributed by atoms with Gasteiger partial charge in [-0.25, -0.2) is 14.4 Å². The van der Waals surface area contributed by atoms with E-state index < -0.39 is 0 Å². The molecular formula is C20H22FN3O2. The van der Waals surface area contributed by atoms with Gasteiger partial charge in [0.2, 0.25) is 5.91 Å². The molecule has 0 unspecified atom stereocenters. The van der Waals surface area contributed by atoms with Crippen LogP contribution in [0.4, 0.5) is 4.39 Å². The first kappa shape index (κ1) is 18.2. The number of hydrogen-bond donors (Lipinski definition) is 0. The normalized spacial score (nSPS) is 15.1. The Bertz CT molecular complexity index is 784. The minimum Gasteiger partial charge on any atom is -0.343 e. The van der Waals surface area contributed by atoms with Crippen molar-refractivity contribution in [2.45, 2.75) is 38.5 Å². The lowest BCUT2D eigenvalue weighted by atomic mass is 9.91. The zero-order valence-electron chi connectivity index (χ0n) is 14.8. The van der Waals surface area contributed by atoms with Crippen LogP contribution in [0.5, 0.6) is 0 Å². The second-order valence-corrected chi connectivity index (χ2v) is 6.68. The molecule has 6 heteroatoms. The number of carbonyl (C=O) groups excluding carboxylic acids is 2. The summed E-state index contributed by atoms with van der Waals surface area (Å²) < 4.78 is 12.9. The number of halogens is 1. The number of benzene rings is 1. The van der Waals surface area contributed by atoms with Gasteiger partial charge in [0.15, 0.2) is 5.78 Å². The number of hydrogen-bond acceptors (Lipinski definition) is 4. The largest absolute Gasteiger partial charge is 0.343 e. The van der Waals surface area contributed by atoms with Crippen molar-refractivity contribution in [3.63, 3.8) is 0 Å². The molecule has 1 aliphatic heterocycles. The summed E-state index contributed by atoms with van der Waals surface area (Å²) >= 11 is 0. The molecule has 0 bridgehead atoms. The van der Waals surface area contributed by atoms with Gasteiger partial charge in [-0.3, -0.25) is 9.59 Å². The topological polar surface area (TPSA) is 63.2 Å². The van der Waals surface area contributed by atoms with Crippen LogP contribution in [-0.4, -0.2) is 39.6 Å². The second kappa shape index (κ2) is 8.17. The van der Waals surface area contributed by atoms with E-state index in [-0.39, 0.29) is 30.3 Å². The van der Waals surface area contributed by atoms with Crippen LogP contribution in [0.1, 0.15) is 53.2 Å². The summed E-state index contributed by atoms with van der Waals surface area (Å²) in [5.41, 5.74) is 2.60. The first-order valence-corrected chi connectivity index (χ1v) is 8.87. The fourth-order valence-corrected chi connectivity index (χ4v) is 3.40. The quantitative estimate of drug-likeness (QED) is 0.772. The van der Waals surface area contributed by atoms with Crippen LogP contribution in [0.25, 0.3) is 0 Å². The van der Waals surface area contributed by atoms with Crippen LogP contribution >= 0.6 is 0 Å². The van der Waals surface area contributed by atoms with Crippen molar-refractivity contribution in [3.8, 4) is 0 Å². The van der Waals surface area contributed by atoms with Crippen LogP contribution < -0.4 is 0 Å². The maximum Gasteiger partial charge on any atom is 0.223 e. The molecule has 1 aromatic carbocycles. The summed E-state index contributed by atoms with van der Waals surface area (Å²) in [5, 5.41) is 0. The number of Topliss-reactive ketones (excluding diaryl/α,β-unsaturated/α-hetero) is 1. The van der Waals surface area contributed by atoms with Gasteiger partial charge in [0.05, 0.1) is 0 Å². The molecule has 0 N–H and O–H groups in total. The van der Waals surface area contributed by atoms with E-state index in [1.54, 1.807) is 6.33 Å². The summed E-state index contributed by atoms with van der Waals surface area (Å²) in [5.74, 6) is -0.162. The Morgan fingerprint density at radius 2 is 1.85 bits per heavy atom. The molecule has 2 heterocycles. The number of likely N-dealkylation sites (tertiary alicyclic amines) is 1. The molecule has 0 radical (unpaired) electrons. The highest BCUT2D eigenvalue weighted by atomic mass is 19.1. The minimum atomic E-state index is -0.376. The van der Waals surface area contributed by atoms with Gasteiger partial charge in [0.1, 0.15) is 12.1 Å². The molecule has 1 fully saturated rings. The highest BCUT2D eigenvalue weighted by Gasteiger charge is 2.25. The third kappa shape index (κ3) is 4.31. The van der Waals surface area contributed by atoms with E-state index in [9.17, 15) is 14.0 Å². The van der Waals surface area contributed by atoms with Gasteiger partial charge in [-0.05, 0) is 49.6 Å². The highest BCUT2D eigenvalue weighted by molar-refractivity contribution is 5.97. The van der Waals surface area contributed by atoms with Crippen molar-refractivity contribution in [1.29, 1.82) is 0 Å². The third-order valence-corrected chi connectivity index (χ3v) is 4.90. The van der Waals surface area contributed by atoms with Crippen molar-refractivity contribution < 1.29 is 14.0 Å². The maximum absolute atomic E-state index is 12.9. The molecular weight excluding hydrogens is 333 g/mol. The Hall–Kier alpha value is -2.63. The monoisotopic (exact) mass is 355 g/mol. The summed E-state index contributed by atoms with van der Waals surface area (Å²) in [7, 11) is 0. The predicted octanol–water partition coefficient (Wildman–Crippen LogP) is 3.29. The van der Waals surface area contributed by atoms with Crippen molar-refractivity contribution >= 4 is 11.7 Å². The van der Waals surface area contributed by atoms with Gasteiger partial charge in [-0.1, -0.05) is 0 Å². The Balaban J connectivity index is 1.48. The van der Waals surface area contributed by atoms with E-state index >= 15 is 0 Å².